The van der Waals surface area contributed by atoms with Crippen LogP contribution in [0.15, 0.2) is 54.6 Å². The Hall–Kier alpha value is -4.22. The Bertz CT molecular complexity index is 1410. The number of benzene rings is 2. The molecular formula is C35H47N5O6. The quantitative estimate of drug-likeness (QED) is 0.347. The topological polar surface area (TPSA) is 149 Å². The molecule has 2 heterocycles. The number of hydrazine groups is 1. The van der Waals surface area contributed by atoms with Crippen LogP contribution in [0.5, 0.6) is 5.75 Å². The molecule has 248 valence electrons. The number of aromatic hydroxyl groups is 1. The highest BCUT2D eigenvalue weighted by Gasteiger charge is 2.35. The number of hydrogen-bond acceptors (Lipinski definition) is 7. The molecule has 11 nitrogen and oxygen atoms in total. The van der Waals surface area contributed by atoms with Gasteiger partial charge in [0.05, 0.1) is 18.6 Å². The first-order chi connectivity index (χ1) is 22.0. The fourth-order valence-electron chi connectivity index (χ4n) is 5.81. The molecule has 4 bridgehead atoms. The highest BCUT2D eigenvalue weighted by atomic mass is 16.5. The number of carbonyl (C=O) groups is 4. The average molecular weight is 634 g/mol. The summed E-state index contributed by atoms with van der Waals surface area (Å²) < 4.78 is 5.58. The van der Waals surface area contributed by atoms with E-state index in [1.165, 1.54) is 11.1 Å². The van der Waals surface area contributed by atoms with Gasteiger partial charge in [0.2, 0.25) is 17.7 Å². The van der Waals surface area contributed by atoms with E-state index in [1.54, 1.807) is 25.3 Å². The van der Waals surface area contributed by atoms with Gasteiger partial charge in [-0.15, -0.1) is 0 Å². The fraction of sp³-hybridized carbons (Fsp3) is 0.486. The number of carbonyl (C=O) groups excluding carboxylic acids is 4. The monoisotopic (exact) mass is 633 g/mol. The van der Waals surface area contributed by atoms with E-state index in [9.17, 15) is 24.3 Å². The smallest absolute Gasteiger partial charge is 0.259 e. The normalized spacial score (nSPS) is 26.3. The van der Waals surface area contributed by atoms with Crippen LogP contribution in [0.3, 0.4) is 0 Å². The van der Waals surface area contributed by atoms with E-state index >= 15 is 0 Å². The first kappa shape index (κ1) is 34.6. The summed E-state index contributed by atoms with van der Waals surface area (Å²) in [5, 5.41) is 20.2. The standard InChI is InChI=1S/C35H47N5O6/c1-22(2)32-34(44)37-30(20-25-12-8-14-27(41)19-25)35(45)40-17-9-16-29(39-40)33(43)36-23(3)26-13-7-11-24(18-26)10-5-6-15-28(46-4)21-31(42)38-32/h5,7-8,10-14,18-19,22-23,28-30,32,39,41H,6,9,15-17,20-21H2,1-4H3,(H,36,43)(H,37,44)(H,38,42)/b10-5+/t23-,28-,29+,30+,32+/m1/s1. The molecule has 1 fully saturated rings. The lowest BCUT2D eigenvalue weighted by Gasteiger charge is -2.36. The van der Waals surface area contributed by atoms with E-state index in [1.807, 2.05) is 57.2 Å². The molecule has 0 unspecified atom stereocenters. The molecule has 4 amide bonds. The van der Waals surface area contributed by atoms with Gasteiger partial charge in [0.25, 0.3) is 5.91 Å². The second kappa shape index (κ2) is 16.4. The summed E-state index contributed by atoms with van der Waals surface area (Å²) in [6.07, 6.45) is 6.29. The number of nitrogens with zero attached hydrogens (tertiary/aromatic N) is 1. The van der Waals surface area contributed by atoms with Crippen molar-refractivity contribution in [1.29, 1.82) is 0 Å². The summed E-state index contributed by atoms with van der Waals surface area (Å²) in [7, 11) is 1.56. The van der Waals surface area contributed by atoms with Gasteiger partial charge in [0.15, 0.2) is 0 Å². The van der Waals surface area contributed by atoms with Crippen molar-refractivity contribution in [2.24, 2.45) is 5.92 Å². The Morgan fingerprint density at radius 2 is 1.76 bits per heavy atom. The molecule has 5 N–H and O–H groups in total. The molecule has 5 atom stereocenters. The van der Waals surface area contributed by atoms with Crippen molar-refractivity contribution in [3.8, 4) is 5.75 Å². The van der Waals surface area contributed by atoms with Gasteiger partial charge in [-0.1, -0.05) is 56.3 Å². The van der Waals surface area contributed by atoms with Gasteiger partial charge < -0.3 is 25.8 Å². The maximum atomic E-state index is 14.0. The van der Waals surface area contributed by atoms with E-state index in [0.29, 0.717) is 37.8 Å². The zero-order chi connectivity index (χ0) is 33.2. The van der Waals surface area contributed by atoms with Gasteiger partial charge in [-0.3, -0.25) is 24.2 Å². The molecule has 4 rings (SSSR count). The molecule has 1 saturated heterocycles. The fourth-order valence-corrected chi connectivity index (χ4v) is 5.81. The van der Waals surface area contributed by atoms with E-state index in [-0.39, 0.29) is 48.5 Å². The predicted molar refractivity (Wildman–Crippen MR) is 175 cm³/mol. The molecule has 11 heteroatoms. The van der Waals surface area contributed by atoms with Crippen LogP contribution in [0.25, 0.3) is 6.08 Å². The second-order valence-electron chi connectivity index (χ2n) is 12.5. The summed E-state index contributed by atoms with van der Waals surface area (Å²) in [6.45, 7) is 5.92. The van der Waals surface area contributed by atoms with Crippen molar-refractivity contribution in [1.82, 2.24) is 26.4 Å². The number of ether oxygens (including phenoxy) is 1. The molecule has 46 heavy (non-hydrogen) atoms. The maximum Gasteiger partial charge on any atom is 0.259 e. The number of fused-ring (bicyclic) bond motifs is 4. The molecule has 0 saturated carbocycles. The first-order valence-electron chi connectivity index (χ1n) is 16.1. The zero-order valence-electron chi connectivity index (χ0n) is 27.1. The highest BCUT2D eigenvalue weighted by molar-refractivity contribution is 5.92. The Morgan fingerprint density at radius 1 is 0.978 bits per heavy atom. The number of nitrogens with one attached hydrogen (secondary N) is 4. The van der Waals surface area contributed by atoms with Crippen LogP contribution in [0.1, 0.15) is 75.6 Å². The summed E-state index contributed by atoms with van der Waals surface area (Å²) in [6, 6.07) is 11.6. The lowest BCUT2D eigenvalue weighted by atomic mass is 9.99. The second-order valence-corrected chi connectivity index (χ2v) is 12.5. The first-order valence-corrected chi connectivity index (χ1v) is 16.1. The Balaban J connectivity index is 1.64. The maximum absolute atomic E-state index is 14.0. The molecule has 2 aliphatic rings. The largest absolute Gasteiger partial charge is 0.508 e. The number of amides is 4. The van der Waals surface area contributed by atoms with Gasteiger partial charge in [-0.2, -0.15) is 0 Å². The summed E-state index contributed by atoms with van der Waals surface area (Å²) in [5.41, 5.74) is 5.67. The Labute approximate surface area is 271 Å². The third kappa shape index (κ3) is 9.64. The van der Waals surface area contributed by atoms with Crippen molar-refractivity contribution in [3.63, 3.8) is 0 Å². The minimum absolute atomic E-state index is 0.0395. The van der Waals surface area contributed by atoms with Crippen LogP contribution < -0.4 is 21.4 Å². The van der Waals surface area contributed by atoms with E-state index in [2.05, 4.69) is 21.4 Å². The number of hydrogen-bond donors (Lipinski definition) is 5. The van der Waals surface area contributed by atoms with Crippen molar-refractivity contribution < 1.29 is 29.0 Å². The van der Waals surface area contributed by atoms with Gasteiger partial charge >= 0.3 is 0 Å². The van der Waals surface area contributed by atoms with Crippen LogP contribution in [-0.2, 0) is 30.3 Å². The molecule has 0 spiro atoms. The van der Waals surface area contributed by atoms with E-state index in [0.717, 1.165) is 11.1 Å². The zero-order valence-corrected chi connectivity index (χ0v) is 27.1. The third-order valence-corrected chi connectivity index (χ3v) is 8.48. The molecule has 0 aromatic heterocycles. The Kier molecular flexibility index (Phi) is 12.3. The van der Waals surface area contributed by atoms with Gasteiger partial charge in [-0.05, 0) is 73.4 Å². The highest BCUT2D eigenvalue weighted by Crippen LogP contribution is 2.19. The van der Waals surface area contributed by atoms with Crippen LogP contribution in [0.4, 0.5) is 0 Å². The van der Waals surface area contributed by atoms with E-state index in [4.69, 9.17) is 4.74 Å². The summed E-state index contributed by atoms with van der Waals surface area (Å²) in [5.74, 6) is -1.70. The minimum Gasteiger partial charge on any atom is -0.508 e. The molecular weight excluding hydrogens is 586 g/mol. The van der Waals surface area contributed by atoms with Gasteiger partial charge in [-0.25, -0.2) is 5.43 Å². The lowest BCUT2D eigenvalue weighted by Crippen LogP contribution is -2.63. The van der Waals surface area contributed by atoms with Gasteiger partial charge in [0, 0.05) is 20.1 Å². The predicted octanol–water partition coefficient (Wildman–Crippen LogP) is 3.15. The molecule has 2 aliphatic heterocycles. The number of allylic oxidation sites excluding steroid dienone is 1. The van der Waals surface area contributed by atoms with E-state index < -0.39 is 29.9 Å². The Morgan fingerprint density at radius 3 is 2.50 bits per heavy atom. The lowest BCUT2D eigenvalue weighted by molar-refractivity contribution is -0.143. The molecule has 2 aromatic rings. The third-order valence-electron chi connectivity index (χ3n) is 8.48. The number of rotatable bonds is 4. The van der Waals surface area contributed by atoms with Crippen LogP contribution in [0.2, 0.25) is 0 Å². The number of phenols is 1. The summed E-state index contributed by atoms with van der Waals surface area (Å²) >= 11 is 0. The van der Waals surface area contributed by atoms with Crippen molar-refractivity contribution in [2.45, 2.75) is 89.6 Å². The summed E-state index contributed by atoms with van der Waals surface area (Å²) in [4.78, 5) is 54.2. The molecule has 0 aliphatic carbocycles. The van der Waals surface area contributed by atoms with Gasteiger partial charge in [0.1, 0.15) is 23.9 Å². The van der Waals surface area contributed by atoms with Crippen molar-refractivity contribution >= 4 is 29.7 Å². The number of phenolic OH excluding ortho intramolecular Hbond substituents is 1. The number of methoxy groups -OCH3 is 1. The molecule has 0 radical (unpaired) electrons. The van der Waals surface area contributed by atoms with Crippen LogP contribution >= 0.6 is 0 Å². The molecule has 2 aromatic carbocycles. The van der Waals surface area contributed by atoms with Crippen LogP contribution in [-0.4, -0.2) is 71.6 Å². The average Bonchev–Trinajstić information content (AvgIpc) is 3.04. The SMILES string of the molecule is CO[C@@H]1CC/C=C/c2cccc(c2)[C@@H](C)NC(=O)[C@@H]2CCCN(N2)C(=O)[C@H](Cc2cccc(O)c2)NC(=O)[C@H](C(C)C)NC(=O)C1. The van der Waals surface area contributed by atoms with Crippen LogP contribution in [0, 0.1) is 5.92 Å². The van der Waals surface area contributed by atoms with Crippen molar-refractivity contribution in [2.75, 3.05) is 13.7 Å². The van der Waals surface area contributed by atoms with Crippen molar-refractivity contribution in [3.05, 3.63) is 71.3 Å². The minimum atomic E-state index is -1.03.